The summed E-state index contributed by atoms with van der Waals surface area (Å²) in [5.74, 6) is 3.23. The van der Waals surface area contributed by atoms with Gasteiger partial charge in [0.1, 0.15) is 5.82 Å². The standard InChI is InChI=1S/C20H35N5S.HI/c1-3-21-20(22-12-6-9-15-26-2)24-17-18-10-11-19(23-16-18)25-13-7-4-5-8-14-25;/h10-11,16H,3-9,12-15,17H2,1-2H3,(H2,21,22,24);1H. The van der Waals surface area contributed by atoms with Crippen molar-refractivity contribution >= 4 is 47.5 Å². The number of pyridine rings is 1. The lowest BCUT2D eigenvalue weighted by atomic mass is 10.2. The van der Waals surface area contributed by atoms with Gasteiger partial charge in [0.05, 0.1) is 6.54 Å². The molecule has 154 valence electrons. The first-order valence-corrected chi connectivity index (χ1v) is 11.4. The van der Waals surface area contributed by atoms with Gasteiger partial charge >= 0.3 is 0 Å². The van der Waals surface area contributed by atoms with Gasteiger partial charge in [0.2, 0.25) is 0 Å². The smallest absolute Gasteiger partial charge is 0.191 e. The molecule has 2 heterocycles. The number of thioether (sulfide) groups is 1. The van der Waals surface area contributed by atoms with Crippen molar-refractivity contribution in [2.24, 2.45) is 4.99 Å². The SMILES string of the molecule is CCNC(=NCc1ccc(N2CCCCCC2)nc1)NCCCCSC.I. The number of anilines is 1. The molecule has 0 spiro atoms. The molecule has 0 unspecified atom stereocenters. The molecule has 1 aliphatic rings. The maximum absolute atomic E-state index is 4.69. The highest BCUT2D eigenvalue weighted by Gasteiger charge is 2.10. The Morgan fingerprint density at radius 3 is 2.56 bits per heavy atom. The number of nitrogens with one attached hydrogen (secondary N) is 2. The minimum absolute atomic E-state index is 0. The third-order valence-corrected chi connectivity index (χ3v) is 5.27. The van der Waals surface area contributed by atoms with Gasteiger partial charge in [0.15, 0.2) is 5.96 Å². The minimum atomic E-state index is 0. The van der Waals surface area contributed by atoms with Crippen LogP contribution in [0.25, 0.3) is 0 Å². The number of hydrogen-bond donors (Lipinski definition) is 2. The van der Waals surface area contributed by atoms with Crippen LogP contribution in [0.3, 0.4) is 0 Å². The zero-order valence-electron chi connectivity index (χ0n) is 16.9. The fourth-order valence-corrected chi connectivity index (χ4v) is 3.58. The molecule has 1 aromatic heterocycles. The second-order valence-corrected chi connectivity index (χ2v) is 7.73. The van der Waals surface area contributed by atoms with Crippen molar-refractivity contribution in [3.8, 4) is 0 Å². The van der Waals surface area contributed by atoms with Gasteiger partial charge in [-0.2, -0.15) is 11.8 Å². The maximum atomic E-state index is 4.69. The van der Waals surface area contributed by atoms with E-state index in [2.05, 4.69) is 45.8 Å². The lowest BCUT2D eigenvalue weighted by molar-refractivity contribution is 0.726. The molecule has 2 N–H and O–H groups in total. The summed E-state index contributed by atoms with van der Waals surface area (Å²) in [6.07, 6.45) is 11.8. The average molecular weight is 506 g/mol. The third-order valence-electron chi connectivity index (χ3n) is 4.57. The van der Waals surface area contributed by atoms with Crippen LogP contribution < -0.4 is 15.5 Å². The number of halogens is 1. The van der Waals surface area contributed by atoms with E-state index in [0.29, 0.717) is 6.54 Å². The fraction of sp³-hybridized carbons (Fsp3) is 0.700. The Morgan fingerprint density at radius 1 is 1.15 bits per heavy atom. The lowest BCUT2D eigenvalue weighted by Gasteiger charge is -2.21. The van der Waals surface area contributed by atoms with Crippen LogP contribution >= 0.6 is 35.7 Å². The van der Waals surface area contributed by atoms with Gasteiger partial charge in [-0.05, 0) is 56.2 Å². The Bertz CT molecular complexity index is 516. The van der Waals surface area contributed by atoms with Gasteiger partial charge < -0.3 is 15.5 Å². The Labute approximate surface area is 186 Å². The van der Waals surface area contributed by atoms with Gasteiger partial charge in [-0.15, -0.1) is 24.0 Å². The Hall–Kier alpha value is -0.700. The molecule has 1 fully saturated rings. The second-order valence-electron chi connectivity index (χ2n) is 6.75. The highest BCUT2D eigenvalue weighted by Crippen LogP contribution is 2.17. The summed E-state index contributed by atoms with van der Waals surface area (Å²) in [7, 11) is 0. The highest BCUT2D eigenvalue weighted by atomic mass is 127. The van der Waals surface area contributed by atoms with Crippen LogP contribution in [-0.4, -0.2) is 49.1 Å². The monoisotopic (exact) mass is 505 g/mol. The number of rotatable bonds is 9. The summed E-state index contributed by atoms with van der Waals surface area (Å²) < 4.78 is 0. The molecule has 0 aliphatic carbocycles. The molecule has 5 nitrogen and oxygen atoms in total. The predicted octanol–water partition coefficient (Wildman–Crippen LogP) is 4.28. The first-order valence-electron chi connectivity index (χ1n) is 10.0. The van der Waals surface area contributed by atoms with Crippen LogP contribution in [0, 0.1) is 0 Å². The fourth-order valence-electron chi connectivity index (χ4n) is 3.09. The van der Waals surface area contributed by atoms with Gasteiger partial charge in [-0.25, -0.2) is 9.98 Å². The zero-order chi connectivity index (χ0) is 18.5. The summed E-state index contributed by atoms with van der Waals surface area (Å²) in [6.45, 7) is 6.88. The van der Waals surface area contributed by atoms with Gasteiger partial charge in [0, 0.05) is 32.4 Å². The summed E-state index contributed by atoms with van der Waals surface area (Å²) in [5, 5.41) is 6.74. The van der Waals surface area contributed by atoms with Crippen molar-refractivity contribution in [1.82, 2.24) is 15.6 Å². The summed E-state index contributed by atoms with van der Waals surface area (Å²) in [4.78, 5) is 11.8. The van der Waals surface area contributed by atoms with Crippen molar-refractivity contribution in [1.29, 1.82) is 0 Å². The Kier molecular flexibility index (Phi) is 13.7. The number of unbranched alkanes of at least 4 members (excludes halogenated alkanes) is 1. The van der Waals surface area contributed by atoms with Crippen LogP contribution in [0.1, 0.15) is 51.0 Å². The van der Waals surface area contributed by atoms with Gasteiger partial charge in [0.25, 0.3) is 0 Å². The van der Waals surface area contributed by atoms with E-state index in [-0.39, 0.29) is 24.0 Å². The quantitative estimate of drug-likeness (QED) is 0.227. The lowest BCUT2D eigenvalue weighted by Crippen LogP contribution is -2.37. The van der Waals surface area contributed by atoms with E-state index in [4.69, 9.17) is 4.99 Å². The molecule has 1 aliphatic heterocycles. The molecule has 0 bridgehead atoms. The van der Waals surface area contributed by atoms with Crippen LogP contribution in [0.5, 0.6) is 0 Å². The predicted molar refractivity (Wildman–Crippen MR) is 131 cm³/mol. The second kappa shape index (κ2) is 15.2. The van der Waals surface area contributed by atoms with Gasteiger partial charge in [-0.1, -0.05) is 18.9 Å². The average Bonchev–Trinajstić information content (AvgIpc) is 2.96. The van der Waals surface area contributed by atoms with E-state index in [1.807, 2.05) is 18.0 Å². The molecule has 0 aromatic carbocycles. The van der Waals surface area contributed by atoms with Crippen molar-refractivity contribution in [3.05, 3.63) is 23.9 Å². The van der Waals surface area contributed by atoms with E-state index < -0.39 is 0 Å². The first-order chi connectivity index (χ1) is 12.8. The third kappa shape index (κ3) is 9.87. The number of guanidine groups is 1. The molecule has 0 saturated carbocycles. The molecule has 2 rings (SSSR count). The van der Waals surface area contributed by atoms with E-state index in [0.717, 1.165) is 43.5 Å². The van der Waals surface area contributed by atoms with Crippen LogP contribution in [0.15, 0.2) is 23.3 Å². The molecular formula is C20H36IN5S. The largest absolute Gasteiger partial charge is 0.357 e. The number of aliphatic imine (C=N–C) groups is 1. The van der Waals surface area contributed by atoms with Crippen LogP contribution in [-0.2, 0) is 6.54 Å². The van der Waals surface area contributed by atoms with Crippen molar-refractivity contribution < 1.29 is 0 Å². The molecule has 1 saturated heterocycles. The normalized spacial score (nSPS) is 15.0. The van der Waals surface area contributed by atoms with Crippen molar-refractivity contribution in [3.63, 3.8) is 0 Å². The zero-order valence-corrected chi connectivity index (χ0v) is 20.0. The Morgan fingerprint density at radius 2 is 1.93 bits per heavy atom. The topological polar surface area (TPSA) is 52.6 Å². The molecule has 1 aromatic rings. The van der Waals surface area contributed by atoms with Crippen LogP contribution in [0.2, 0.25) is 0 Å². The van der Waals surface area contributed by atoms with E-state index in [1.54, 1.807) is 0 Å². The molecule has 0 amide bonds. The maximum Gasteiger partial charge on any atom is 0.191 e. The highest BCUT2D eigenvalue weighted by molar-refractivity contribution is 14.0. The van der Waals surface area contributed by atoms with Crippen molar-refractivity contribution in [2.75, 3.05) is 43.1 Å². The van der Waals surface area contributed by atoms with E-state index in [1.165, 1.54) is 44.3 Å². The van der Waals surface area contributed by atoms with E-state index in [9.17, 15) is 0 Å². The molecular weight excluding hydrogens is 469 g/mol. The first kappa shape index (κ1) is 24.3. The molecule has 0 atom stereocenters. The van der Waals surface area contributed by atoms with Crippen molar-refractivity contribution in [2.45, 2.75) is 52.0 Å². The molecule has 0 radical (unpaired) electrons. The Balaban J connectivity index is 0.00000364. The minimum Gasteiger partial charge on any atom is -0.357 e. The van der Waals surface area contributed by atoms with Crippen LogP contribution in [0.4, 0.5) is 5.82 Å². The molecule has 27 heavy (non-hydrogen) atoms. The number of nitrogens with zero attached hydrogens (tertiary/aromatic N) is 3. The van der Waals surface area contributed by atoms with Gasteiger partial charge in [-0.3, -0.25) is 0 Å². The number of hydrogen-bond acceptors (Lipinski definition) is 4. The summed E-state index contributed by atoms with van der Waals surface area (Å²) in [5.41, 5.74) is 1.16. The summed E-state index contributed by atoms with van der Waals surface area (Å²) >= 11 is 1.91. The molecule has 7 heteroatoms. The number of aromatic nitrogens is 1. The summed E-state index contributed by atoms with van der Waals surface area (Å²) in [6, 6.07) is 4.32. The van der Waals surface area contributed by atoms with E-state index >= 15 is 0 Å².